The molecule has 0 bridgehead atoms. The second kappa shape index (κ2) is 4.73. The maximum absolute atomic E-state index is 13.5. The standard InChI is InChI=1S/C12H16FNOS/c1-7-3-12(16-9-5-15-6-9)10(8(2)14)4-11(7)13/h3-4,8-9H,5-6,14H2,1-2H3. The van der Waals surface area contributed by atoms with E-state index in [1.807, 2.05) is 13.0 Å². The van der Waals surface area contributed by atoms with Crippen molar-refractivity contribution in [3.63, 3.8) is 0 Å². The molecule has 0 aromatic heterocycles. The lowest BCUT2D eigenvalue weighted by Gasteiger charge is -2.26. The zero-order chi connectivity index (χ0) is 11.7. The normalized spacial score (nSPS) is 18.2. The minimum absolute atomic E-state index is 0.140. The summed E-state index contributed by atoms with van der Waals surface area (Å²) in [5.74, 6) is -0.179. The molecule has 1 unspecified atom stereocenters. The van der Waals surface area contributed by atoms with Crippen molar-refractivity contribution in [2.24, 2.45) is 5.73 Å². The Morgan fingerprint density at radius 1 is 1.50 bits per heavy atom. The Morgan fingerprint density at radius 2 is 2.19 bits per heavy atom. The van der Waals surface area contributed by atoms with Gasteiger partial charge in [-0.3, -0.25) is 0 Å². The molecule has 0 radical (unpaired) electrons. The van der Waals surface area contributed by atoms with Crippen molar-refractivity contribution in [3.05, 3.63) is 29.1 Å². The van der Waals surface area contributed by atoms with E-state index in [1.165, 1.54) is 0 Å². The van der Waals surface area contributed by atoms with Gasteiger partial charge < -0.3 is 10.5 Å². The fraction of sp³-hybridized carbons (Fsp3) is 0.500. The molecule has 1 aromatic rings. The molecular weight excluding hydrogens is 225 g/mol. The Morgan fingerprint density at radius 3 is 2.69 bits per heavy atom. The minimum atomic E-state index is -0.179. The van der Waals surface area contributed by atoms with Gasteiger partial charge in [-0.25, -0.2) is 4.39 Å². The number of aryl methyl sites for hydroxylation is 1. The highest BCUT2D eigenvalue weighted by Crippen LogP contribution is 2.34. The second-order valence-electron chi connectivity index (χ2n) is 4.21. The van der Waals surface area contributed by atoms with Crippen LogP contribution in [0.4, 0.5) is 4.39 Å². The van der Waals surface area contributed by atoms with Gasteiger partial charge in [0, 0.05) is 10.9 Å². The number of halogens is 1. The Balaban J connectivity index is 2.28. The molecule has 1 fully saturated rings. The highest BCUT2D eigenvalue weighted by atomic mass is 32.2. The SMILES string of the molecule is Cc1cc(SC2COC2)c(C(C)N)cc1F. The number of hydrogen-bond donors (Lipinski definition) is 1. The predicted octanol–water partition coefficient (Wildman–Crippen LogP) is 2.64. The van der Waals surface area contributed by atoms with E-state index in [1.54, 1.807) is 24.8 Å². The van der Waals surface area contributed by atoms with Crippen molar-refractivity contribution in [3.8, 4) is 0 Å². The highest BCUT2D eigenvalue weighted by molar-refractivity contribution is 8.00. The van der Waals surface area contributed by atoms with Gasteiger partial charge in [-0.05, 0) is 37.1 Å². The van der Waals surface area contributed by atoms with E-state index in [-0.39, 0.29) is 11.9 Å². The summed E-state index contributed by atoms with van der Waals surface area (Å²) in [6.45, 7) is 5.21. The van der Waals surface area contributed by atoms with Crippen LogP contribution >= 0.6 is 11.8 Å². The van der Waals surface area contributed by atoms with Crippen LogP contribution in [0, 0.1) is 12.7 Å². The van der Waals surface area contributed by atoms with Crippen LogP contribution in [0.2, 0.25) is 0 Å². The van der Waals surface area contributed by atoms with Crippen LogP contribution in [0.15, 0.2) is 17.0 Å². The molecule has 1 aromatic carbocycles. The molecule has 1 aliphatic heterocycles. The van der Waals surface area contributed by atoms with Gasteiger partial charge in [0.2, 0.25) is 0 Å². The van der Waals surface area contributed by atoms with Crippen LogP contribution in [0.25, 0.3) is 0 Å². The molecule has 1 saturated heterocycles. The maximum Gasteiger partial charge on any atom is 0.126 e. The average Bonchev–Trinajstić information content (AvgIpc) is 2.16. The third-order valence-electron chi connectivity index (χ3n) is 2.68. The van der Waals surface area contributed by atoms with Gasteiger partial charge in [0.15, 0.2) is 0 Å². The summed E-state index contributed by atoms with van der Waals surface area (Å²) in [5, 5.41) is 0.488. The summed E-state index contributed by atoms with van der Waals surface area (Å²) in [6.07, 6.45) is 0. The molecular formula is C12H16FNOS. The lowest BCUT2D eigenvalue weighted by molar-refractivity contribution is 0.0455. The zero-order valence-corrected chi connectivity index (χ0v) is 10.3. The van der Waals surface area contributed by atoms with Gasteiger partial charge in [-0.1, -0.05) is 0 Å². The van der Waals surface area contributed by atoms with Crippen LogP contribution in [0.1, 0.15) is 24.1 Å². The summed E-state index contributed by atoms with van der Waals surface area (Å²) in [5.41, 5.74) is 7.42. The third-order valence-corrected chi connectivity index (χ3v) is 3.90. The number of nitrogens with two attached hydrogens (primary N) is 1. The van der Waals surface area contributed by atoms with Gasteiger partial charge in [0.25, 0.3) is 0 Å². The number of ether oxygens (including phenoxy) is 1. The summed E-state index contributed by atoms with van der Waals surface area (Å²) in [7, 11) is 0. The molecule has 0 saturated carbocycles. The lowest BCUT2D eigenvalue weighted by atomic mass is 10.1. The molecule has 0 spiro atoms. The number of rotatable bonds is 3. The Labute approximate surface area is 99.4 Å². The second-order valence-corrected chi connectivity index (χ2v) is 5.55. The molecule has 2 nitrogen and oxygen atoms in total. The summed E-state index contributed by atoms with van der Waals surface area (Å²) in [4.78, 5) is 1.09. The van der Waals surface area contributed by atoms with Crippen molar-refractivity contribution in [1.29, 1.82) is 0 Å². The molecule has 1 heterocycles. The number of benzene rings is 1. The first-order valence-corrected chi connectivity index (χ1v) is 6.26. The molecule has 2 N–H and O–H groups in total. The van der Waals surface area contributed by atoms with Crippen molar-refractivity contribution < 1.29 is 9.13 Å². The van der Waals surface area contributed by atoms with Crippen LogP contribution in [0.5, 0.6) is 0 Å². The van der Waals surface area contributed by atoms with E-state index in [4.69, 9.17) is 10.5 Å². The number of hydrogen-bond acceptors (Lipinski definition) is 3. The predicted molar refractivity (Wildman–Crippen MR) is 64.2 cm³/mol. The summed E-state index contributed by atoms with van der Waals surface area (Å²) >= 11 is 1.74. The van der Waals surface area contributed by atoms with Crippen molar-refractivity contribution in [2.75, 3.05) is 13.2 Å². The van der Waals surface area contributed by atoms with E-state index in [2.05, 4.69) is 0 Å². The highest BCUT2D eigenvalue weighted by Gasteiger charge is 2.22. The van der Waals surface area contributed by atoms with Gasteiger partial charge in [-0.2, -0.15) is 0 Å². The van der Waals surface area contributed by atoms with Gasteiger partial charge in [0.1, 0.15) is 5.82 Å². The molecule has 4 heteroatoms. The van der Waals surface area contributed by atoms with Crippen LogP contribution in [-0.4, -0.2) is 18.5 Å². The van der Waals surface area contributed by atoms with E-state index in [0.29, 0.717) is 10.8 Å². The maximum atomic E-state index is 13.5. The molecule has 16 heavy (non-hydrogen) atoms. The first-order valence-electron chi connectivity index (χ1n) is 5.38. The first-order chi connectivity index (χ1) is 7.58. The van der Waals surface area contributed by atoms with E-state index < -0.39 is 0 Å². The minimum Gasteiger partial charge on any atom is -0.379 e. The largest absolute Gasteiger partial charge is 0.379 e. The van der Waals surface area contributed by atoms with Crippen LogP contribution in [0.3, 0.4) is 0 Å². The molecule has 0 amide bonds. The monoisotopic (exact) mass is 241 g/mol. The average molecular weight is 241 g/mol. The fourth-order valence-electron chi connectivity index (χ4n) is 1.59. The zero-order valence-electron chi connectivity index (χ0n) is 9.50. The molecule has 1 aliphatic rings. The Hall–Kier alpha value is -0.580. The molecule has 88 valence electrons. The fourth-order valence-corrected chi connectivity index (χ4v) is 2.90. The third kappa shape index (κ3) is 2.39. The molecule has 0 aliphatic carbocycles. The summed E-state index contributed by atoms with van der Waals surface area (Å²) < 4.78 is 18.6. The van der Waals surface area contributed by atoms with Crippen molar-refractivity contribution in [1.82, 2.24) is 0 Å². The van der Waals surface area contributed by atoms with Crippen LogP contribution in [-0.2, 0) is 4.74 Å². The topological polar surface area (TPSA) is 35.2 Å². The van der Waals surface area contributed by atoms with Crippen molar-refractivity contribution in [2.45, 2.75) is 30.0 Å². The first kappa shape index (κ1) is 11.9. The van der Waals surface area contributed by atoms with Gasteiger partial charge >= 0.3 is 0 Å². The van der Waals surface area contributed by atoms with E-state index >= 15 is 0 Å². The Kier molecular flexibility index (Phi) is 3.52. The van der Waals surface area contributed by atoms with Crippen molar-refractivity contribution >= 4 is 11.8 Å². The molecule has 1 atom stereocenters. The van der Waals surface area contributed by atoms with Gasteiger partial charge in [0.05, 0.1) is 18.5 Å². The smallest absolute Gasteiger partial charge is 0.126 e. The Bertz CT molecular complexity index is 391. The molecule has 2 rings (SSSR count). The van der Waals surface area contributed by atoms with Gasteiger partial charge in [-0.15, -0.1) is 11.8 Å². The quantitative estimate of drug-likeness (QED) is 0.883. The van der Waals surface area contributed by atoms with E-state index in [0.717, 1.165) is 23.7 Å². The summed E-state index contributed by atoms with van der Waals surface area (Å²) in [6, 6.07) is 3.30. The number of thioether (sulfide) groups is 1. The van der Waals surface area contributed by atoms with E-state index in [9.17, 15) is 4.39 Å². The van der Waals surface area contributed by atoms with Crippen LogP contribution < -0.4 is 5.73 Å². The lowest BCUT2D eigenvalue weighted by Crippen LogP contribution is -2.30.